The van der Waals surface area contributed by atoms with Gasteiger partial charge in [0.05, 0.1) is 12.2 Å². The number of nitrogens with one attached hydrogen (secondary N) is 2. The smallest absolute Gasteiger partial charge is 0.224 e. The third kappa shape index (κ3) is 6.65. The second-order valence-corrected chi connectivity index (χ2v) is 6.77. The molecule has 0 unspecified atom stereocenters. The van der Waals surface area contributed by atoms with Crippen molar-refractivity contribution in [3.8, 4) is 0 Å². The van der Waals surface area contributed by atoms with E-state index >= 15 is 0 Å². The van der Waals surface area contributed by atoms with Crippen LogP contribution in [-0.2, 0) is 21.2 Å². The molecule has 21 heavy (non-hydrogen) atoms. The van der Waals surface area contributed by atoms with Gasteiger partial charge in [-0.2, -0.15) is 0 Å². The number of sulfonamides is 1. The Labute approximate surface area is 130 Å². The van der Waals surface area contributed by atoms with Crippen molar-refractivity contribution >= 4 is 33.1 Å². The molecule has 1 rings (SSSR count). The summed E-state index contributed by atoms with van der Waals surface area (Å²) >= 11 is 4.84. The van der Waals surface area contributed by atoms with Crippen molar-refractivity contribution in [3.63, 3.8) is 0 Å². The highest BCUT2D eigenvalue weighted by Crippen LogP contribution is 2.05. The van der Waals surface area contributed by atoms with Gasteiger partial charge in [0.2, 0.25) is 15.9 Å². The maximum atomic E-state index is 11.7. The Balaban J connectivity index is 2.42. The van der Waals surface area contributed by atoms with E-state index in [9.17, 15) is 13.2 Å². The van der Waals surface area contributed by atoms with Gasteiger partial charge >= 0.3 is 0 Å². The Kier molecular flexibility index (Phi) is 6.73. The Bertz CT molecular complexity index is 598. The number of nitrogens with two attached hydrogens (primary N) is 1. The lowest BCUT2D eigenvalue weighted by Crippen LogP contribution is -2.34. The van der Waals surface area contributed by atoms with E-state index in [1.807, 2.05) is 0 Å². The van der Waals surface area contributed by atoms with Crippen LogP contribution in [0.1, 0.15) is 18.1 Å². The van der Waals surface area contributed by atoms with Gasteiger partial charge < -0.3 is 11.1 Å². The Hall–Kier alpha value is -1.51. The first-order valence-corrected chi connectivity index (χ1v) is 8.53. The summed E-state index contributed by atoms with van der Waals surface area (Å²) in [6, 6.07) is 7.04. The maximum absolute atomic E-state index is 11.7. The number of hydrogen-bond donors (Lipinski definition) is 3. The molecule has 0 aliphatic heterocycles. The second-order valence-electron chi connectivity index (χ2n) is 4.40. The average molecular weight is 329 g/mol. The molecule has 0 radical (unpaired) electrons. The molecule has 0 bridgehead atoms. The molecule has 0 saturated carbocycles. The summed E-state index contributed by atoms with van der Waals surface area (Å²) in [7, 11) is -3.31. The lowest BCUT2D eigenvalue weighted by atomic mass is 10.1. The van der Waals surface area contributed by atoms with E-state index in [-0.39, 0.29) is 24.6 Å². The first kappa shape index (κ1) is 17.5. The van der Waals surface area contributed by atoms with Crippen LogP contribution in [0.4, 0.5) is 0 Å². The highest BCUT2D eigenvalue weighted by Gasteiger charge is 2.09. The van der Waals surface area contributed by atoms with Gasteiger partial charge in [0.25, 0.3) is 0 Å². The molecule has 1 amide bonds. The number of carbonyl (C=O) groups is 1. The predicted octanol–water partition coefficient (Wildman–Crippen LogP) is -0.0812. The van der Waals surface area contributed by atoms with Crippen LogP contribution in [0, 0.1) is 0 Å². The van der Waals surface area contributed by atoms with Crippen molar-refractivity contribution in [1.29, 1.82) is 0 Å². The lowest BCUT2D eigenvalue weighted by molar-refractivity contribution is -0.120. The standard InChI is InChI=1S/C13H19N3O3S2/c1-2-16-21(18,19)8-7-15-12(17)9-10-3-5-11(6-4-10)13(14)20/h3-6,16H,2,7-9H2,1H3,(H2,14,20)(H,15,17). The van der Waals surface area contributed by atoms with Crippen molar-refractivity contribution in [2.24, 2.45) is 5.73 Å². The molecule has 6 nitrogen and oxygen atoms in total. The molecular weight excluding hydrogens is 310 g/mol. The molecule has 0 aliphatic carbocycles. The van der Waals surface area contributed by atoms with E-state index in [1.165, 1.54) is 0 Å². The molecule has 1 aromatic rings. The highest BCUT2D eigenvalue weighted by molar-refractivity contribution is 7.89. The van der Waals surface area contributed by atoms with Crippen molar-refractivity contribution in [1.82, 2.24) is 10.0 Å². The van der Waals surface area contributed by atoms with Crippen LogP contribution in [0.2, 0.25) is 0 Å². The summed E-state index contributed by atoms with van der Waals surface area (Å²) in [5.74, 6) is -0.364. The topological polar surface area (TPSA) is 101 Å². The third-order valence-electron chi connectivity index (χ3n) is 2.66. The molecule has 8 heteroatoms. The molecule has 0 fully saturated rings. The van der Waals surface area contributed by atoms with Crippen LogP contribution >= 0.6 is 12.2 Å². The summed E-state index contributed by atoms with van der Waals surface area (Å²) in [4.78, 5) is 12.0. The zero-order valence-electron chi connectivity index (χ0n) is 11.8. The highest BCUT2D eigenvalue weighted by atomic mass is 32.2. The maximum Gasteiger partial charge on any atom is 0.224 e. The summed E-state index contributed by atoms with van der Waals surface area (Å²) in [6.07, 6.45) is 0.179. The minimum Gasteiger partial charge on any atom is -0.389 e. The van der Waals surface area contributed by atoms with Gasteiger partial charge in [-0.05, 0) is 5.56 Å². The molecule has 0 heterocycles. The minimum absolute atomic E-state index is 0.0825. The van der Waals surface area contributed by atoms with Gasteiger partial charge in [0, 0.05) is 18.7 Å². The van der Waals surface area contributed by atoms with E-state index < -0.39 is 10.0 Å². The molecule has 116 valence electrons. The first-order valence-electron chi connectivity index (χ1n) is 6.47. The molecule has 0 aromatic heterocycles. The van der Waals surface area contributed by atoms with Crippen molar-refractivity contribution in [2.45, 2.75) is 13.3 Å². The normalized spacial score (nSPS) is 11.1. The van der Waals surface area contributed by atoms with Crippen LogP contribution in [0.5, 0.6) is 0 Å². The van der Waals surface area contributed by atoms with Crippen LogP contribution in [0.25, 0.3) is 0 Å². The van der Waals surface area contributed by atoms with Crippen LogP contribution in [0.15, 0.2) is 24.3 Å². The third-order valence-corrected chi connectivity index (χ3v) is 4.37. The molecule has 0 spiro atoms. The van der Waals surface area contributed by atoms with Crippen LogP contribution in [-0.4, -0.2) is 38.2 Å². The van der Waals surface area contributed by atoms with Gasteiger partial charge in [0.15, 0.2) is 0 Å². The fourth-order valence-electron chi connectivity index (χ4n) is 1.65. The zero-order valence-corrected chi connectivity index (χ0v) is 13.4. The van der Waals surface area contributed by atoms with Crippen molar-refractivity contribution in [2.75, 3.05) is 18.8 Å². The lowest BCUT2D eigenvalue weighted by Gasteiger charge is -2.07. The number of rotatable bonds is 8. The van der Waals surface area contributed by atoms with Gasteiger partial charge in [-0.25, -0.2) is 13.1 Å². The summed E-state index contributed by atoms with van der Waals surface area (Å²) in [5.41, 5.74) is 7.03. The van der Waals surface area contributed by atoms with E-state index in [0.717, 1.165) is 11.1 Å². The summed E-state index contributed by atoms with van der Waals surface area (Å²) < 4.78 is 25.1. The SMILES string of the molecule is CCNS(=O)(=O)CCNC(=O)Cc1ccc(C(N)=S)cc1. The number of benzene rings is 1. The zero-order chi connectivity index (χ0) is 15.9. The van der Waals surface area contributed by atoms with Gasteiger partial charge in [-0.3, -0.25) is 4.79 Å². The molecule has 0 saturated heterocycles. The molecule has 4 N–H and O–H groups in total. The number of carbonyl (C=O) groups excluding carboxylic acids is 1. The van der Waals surface area contributed by atoms with E-state index in [2.05, 4.69) is 10.0 Å². The van der Waals surface area contributed by atoms with Crippen LogP contribution < -0.4 is 15.8 Å². The second kappa shape index (κ2) is 8.06. The fraction of sp³-hybridized carbons (Fsp3) is 0.385. The van der Waals surface area contributed by atoms with E-state index in [1.54, 1.807) is 31.2 Å². The van der Waals surface area contributed by atoms with Gasteiger partial charge in [-0.15, -0.1) is 0 Å². The number of amides is 1. The number of hydrogen-bond acceptors (Lipinski definition) is 4. The predicted molar refractivity (Wildman–Crippen MR) is 86.5 cm³/mol. The number of thiocarbonyl (C=S) groups is 1. The molecule has 0 atom stereocenters. The van der Waals surface area contributed by atoms with Crippen LogP contribution in [0.3, 0.4) is 0 Å². The van der Waals surface area contributed by atoms with Crippen molar-refractivity contribution < 1.29 is 13.2 Å². The Morgan fingerprint density at radius 3 is 2.43 bits per heavy atom. The molecule has 0 aliphatic rings. The fourth-order valence-corrected chi connectivity index (χ4v) is 2.74. The Morgan fingerprint density at radius 1 is 1.29 bits per heavy atom. The summed E-state index contributed by atoms with van der Waals surface area (Å²) in [6.45, 7) is 2.12. The molecular formula is C13H19N3O3S2. The Morgan fingerprint density at radius 2 is 1.90 bits per heavy atom. The van der Waals surface area contributed by atoms with Crippen molar-refractivity contribution in [3.05, 3.63) is 35.4 Å². The van der Waals surface area contributed by atoms with E-state index in [0.29, 0.717) is 11.5 Å². The van der Waals surface area contributed by atoms with Gasteiger partial charge in [0.1, 0.15) is 4.99 Å². The van der Waals surface area contributed by atoms with E-state index in [4.69, 9.17) is 18.0 Å². The summed E-state index contributed by atoms with van der Waals surface area (Å²) in [5, 5.41) is 2.57. The largest absolute Gasteiger partial charge is 0.389 e. The average Bonchev–Trinajstić information content (AvgIpc) is 2.38. The molecule has 1 aromatic carbocycles. The minimum atomic E-state index is -3.31. The monoisotopic (exact) mass is 329 g/mol. The van der Waals surface area contributed by atoms with Gasteiger partial charge in [-0.1, -0.05) is 43.4 Å². The first-order chi connectivity index (χ1) is 9.84. The quantitative estimate of drug-likeness (QED) is 0.579.